The Morgan fingerprint density at radius 2 is 1.95 bits per heavy atom. The molecule has 0 saturated carbocycles. The lowest BCUT2D eigenvalue weighted by molar-refractivity contribution is 0.0347. The number of aliphatic hydroxyl groups is 1. The molecule has 3 nitrogen and oxygen atoms in total. The third-order valence-corrected chi connectivity index (χ3v) is 3.62. The summed E-state index contributed by atoms with van der Waals surface area (Å²) in [5, 5.41) is 13.3. The van der Waals surface area contributed by atoms with Gasteiger partial charge in [0.1, 0.15) is 0 Å². The molecule has 0 saturated heterocycles. The zero-order chi connectivity index (χ0) is 14.1. The lowest BCUT2D eigenvalue weighted by Crippen LogP contribution is -2.46. The van der Waals surface area contributed by atoms with E-state index in [0.717, 1.165) is 24.9 Å². The second kappa shape index (κ2) is 8.31. The Labute approximate surface area is 117 Å². The summed E-state index contributed by atoms with van der Waals surface area (Å²) < 4.78 is 5.77. The van der Waals surface area contributed by atoms with E-state index in [2.05, 4.69) is 38.2 Å². The molecule has 3 heteroatoms. The van der Waals surface area contributed by atoms with Crippen LogP contribution in [0.5, 0.6) is 0 Å². The minimum absolute atomic E-state index is 0.0781. The molecule has 0 fully saturated rings. The fourth-order valence-electron chi connectivity index (χ4n) is 2.21. The maximum absolute atomic E-state index is 9.87. The van der Waals surface area contributed by atoms with E-state index in [4.69, 9.17) is 4.74 Å². The number of hydrogen-bond donors (Lipinski definition) is 2. The molecule has 0 aliphatic rings. The van der Waals surface area contributed by atoms with Gasteiger partial charge in [-0.2, -0.15) is 0 Å². The van der Waals surface area contributed by atoms with Crippen LogP contribution in [-0.2, 0) is 10.3 Å². The van der Waals surface area contributed by atoms with E-state index in [0.29, 0.717) is 6.61 Å². The summed E-state index contributed by atoms with van der Waals surface area (Å²) >= 11 is 0. The van der Waals surface area contributed by atoms with E-state index in [1.54, 1.807) is 0 Å². The molecule has 1 aromatic rings. The van der Waals surface area contributed by atoms with Gasteiger partial charge in [0, 0.05) is 6.61 Å². The van der Waals surface area contributed by atoms with E-state index in [1.165, 1.54) is 0 Å². The third-order valence-electron chi connectivity index (χ3n) is 3.62. The van der Waals surface area contributed by atoms with Crippen LogP contribution in [0.15, 0.2) is 30.3 Å². The fraction of sp³-hybridized carbons (Fsp3) is 0.625. The van der Waals surface area contributed by atoms with Crippen molar-refractivity contribution in [1.29, 1.82) is 0 Å². The lowest BCUT2D eigenvalue weighted by Gasteiger charge is -2.34. The topological polar surface area (TPSA) is 41.5 Å². The zero-order valence-corrected chi connectivity index (χ0v) is 12.4. The van der Waals surface area contributed by atoms with Crippen LogP contribution >= 0.6 is 0 Å². The van der Waals surface area contributed by atoms with Crippen molar-refractivity contribution in [2.24, 2.45) is 0 Å². The van der Waals surface area contributed by atoms with Gasteiger partial charge in [0.25, 0.3) is 0 Å². The normalized spacial score (nSPS) is 16.0. The van der Waals surface area contributed by atoms with E-state index >= 15 is 0 Å². The van der Waals surface area contributed by atoms with Gasteiger partial charge >= 0.3 is 0 Å². The summed E-state index contributed by atoms with van der Waals surface area (Å²) in [6.07, 6.45) is 2.05. The molecule has 1 rings (SSSR count). The van der Waals surface area contributed by atoms with Gasteiger partial charge in [-0.1, -0.05) is 44.2 Å². The van der Waals surface area contributed by atoms with Crippen LogP contribution in [0, 0.1) is 0 Å². The number of nitrogens with one attached hydrogen (secondary N) is 1. The fourth-order valence-corrected chi connectivity index (χ4v) is 2.21. The average molecular weight is 265 g/mol. The minimum Gasteiger partial charge on any atom is -0.394 e. The zero-order valence-electron chi connectivity index (χ0n) is 12.4. The molecule has 0 aliphatic heterocycles. The van der Waals surface area contributed by atoms with Gasteiger partial charge < -0.3 is 15.2 Å². The number of likely N-dealkylation sites (N-methyl/N-ethyl adjacent to an activating group) is 1. The molecule has 2 atom stereocenters. The third kappa shape index (κ3) is 4.60. The first-order valence-electron chi connectivity index (χ1n) is 7.21. The summed E-state index contributed by atoms with van der Waals surface area (Å²) in [6.45, 7) is 7.80. The van der Waals surface area contributed by atoms with Crippen LogP contribution in [0.1, 0.15) is 39.2 Å². The maximum atomic E-state index is 9.87. The number of benzene rings is 1. The smallest absolute Gasteiger partial charge is 0.0691 e. The van der Waals surface area contributed by atoms with Crippen molar-refractivity contribution in [3.8, 4) is 0 Å². The summed E-state index contributed by atoms with van der Waals surface area (Å²) in [7, 11) is 0. The summed E-state index contributed by atoms with van der Waals surface area (Å²) in [5.41, 5.74) is 0.718. The van der Waals surface area contributed by atoms with Crippen LogP contribution in [0.4, 0.5) is 0 Å². The average Bonchev–Trinajstić information content (AvgIpc) is 2.47. The Morgan fingerprint density at radius 3 is 2.47 bits per heavy atom. The largest absolute Gasteiger partial charge is 0.394 e. The molecular weight excluding hydrogens is 238 g/mol. The molecule has 19 heavy (non-hydrogen) atoms. The van der Waals surface area contributed by atoms with Crippen molar-refractivity contribution >= 4 is 0 Å². The highest BCUT2D eigenvalue weighted by Gasteiger charge is 2.30. The first kappa shape index (κ1) is 16.2. The number of hydrogen-bond acceptors (Lipinski definition) is 3. The molecule has 0 radical (unpaired) electrons. The maximum Gasteiger partial charge on any atom is 0.0691 e. The lowest BCUT2D eigenvalue weighted by atomic mass is 9.87. The number of aliphatic hydroxyl groups excluding tert-OH is 1. The second-order valence-corrected chi connectivity index (χ2v) is 4.98. The highest BCUT2D eigenvalue weighted by molar-refractivity contribution is 5.24. The summed E-state index contributed by atoms with van der Waals surface area (Å²) in [6, 6.07) is 10.1. The van der Waals surface area contributed by atoms with Crippen molar-refractivity contribution in [3.63, 3.8) is 0 Å². The van der Waals surface area contributed by atoms with E-state index in [1.807, 2.05) is 18.2 Å². The van der Waals surface area contributed by atoms with Crippen LogP contribution in [0.3, 0.4) is 0 Å². The van der Waals surface area contributed by atoms with E-state index < -0.39 is 5.54 Å². The Hall–Kier alpha value is -0.900. The highest BCUT2D eigenvalue weighted by Crippen LogP contribution is 2.25. The van der Waals surface area contributed by atoms with Crippen LogP contribution in [0.2, 0.25) is 0 Å². The Balaban J connectivity index is 2.75. The van der Waals surface area contributed by atoms with Gasteiger partial charge in [-0.3, -0.25) is 0 Å². The van der Waals surface area contributed by atoms with Gasteiger partial charge in [0.2, 0.25) is 0 Å². The van der Waals surface area contributed by atoms with Crippen molar-refractivity contribution in [3.05, 3.63) is 35.9 Å². The molecule has 0 heterocycles. The molecule has 0 bridgehead atoms. The molecule has 2 unspecified atom stereocenters. The molecule has 0 spiro atoms. The SMILES string of the molecule is CCNC(CO)(CCOC(C)CC)c1ccccc1. The van der Waals surface area contributed by atoms with Crippen molar-refractivity contribution < 1.29 is 9.84 Å². The molecule has 0 amide bonds. The monoisotopic (exact) mass is 265 g/mol. The molecule has 0 aromatic heterocycles. The first-order valence-corrected chi connectivity index (χ1v) is 7.21. The predicted octanol–water partition coefficient (Wildman–Crippen LogP) is 2.69. The van der Waals surface area contributed by atoms with Crippen LogP contribution < -0.4 is 5.32 Å². The molecular formula is C16H27NO2. The first-order chi connectivity index (χ1) is 9.18. The molecule has 1 aromatic carbocycles. The number of ether oxygens (including phenoxy) is 1. The summed E-state index contributed by atoms with van der Waals surface area (Å²) in [5.74, 6) is 0. The predicted molar refractivity (Wildman–Crippen MR) is 79.2 cm³/mol. The van der Waals surface area contributed by atoms with E-state index in [-0.39, 0.29) is 12.7 Å². The van der Waals surface area contributed by atoms with Crippen LogP contribution in [-0.4, -0.2) is 31.0 Å². The Morgan fingerprint density at radius 1 is 1.26 bits per heavy atom. The van der Waals surface area contributed by atoms with E-state index in [9.17, 15) is 5.11 Å². The van der Waals surface area contributed by atoms with Crippen molar-refractivity contribution in [2.45, 2.75) is 45.3 Å². The van der Waals surface area contributed by atoms with Crippen LogP contribution in [0.25, 0.3) is 0 Å². The summed E-state index contributed by atoms with van der Waals surface area (Å²) in [4.78, 5) is 0. The van der Waals surface area contributed by atoms with Gasteiger partial charge in [-0.15, -0.1) is 0 Å². The van der Waals surface area contributed by atoms with Gasteiger partial charge in [0.05, 0.1) is 18.2 Å². The minimum atomic E-state index is -0.399. The van der Waals surface area contributed by atoms with Crippen molar-refractivity contribution in [2.75, 3.05) is 19.8 Å². The highest BCUT2D eigenvalue weighted by atomic mass is 16.5. The second-order valence-electron chi connectivity index (χ2n) is 4.98. The van der Waals surface area contributed by atoms with Gasteiger partial charge in [-0.05, 0) is 31.9 Å². The Kier molecular flexibility index (Phi) is 7.06. The molecule has 2 N–H and O–H groups in total. The molecule has 0 aliphatic carbocycles. The Bertz CT molecular complexity index is 342. The quantitative estimate of drug-likeness (QED) is 0.721. The van der Waals surface area contributed by atoms with Gasteiger partial charge in [0.15, 0.2) is 0 Å². The molecule has 108 valence electrons. The standard InChI is InChI=1S/C16H27NO2/c1-4-14(3)19-12-11-16(13-18,17-5-2)15-9-7-6-8-10-15/h6-10,14,17-18H,4-5,11-13H2,1-3H3. The number of rotatable bonds is 9. The van der Waals surface area contributed by atoms with Gasteiger partial charge in [-0.25, -0.2) is 0 Å². The van der Waals surface area contributed by atoms with Crippen molar-refractivity contribution in [1.82, 2.24) is 5.32 Å².